The second-order valence-electron chi connectivity index (χ2n) is 7.19. The molecule has 0 aliphatic carbocycles. The van der Waals surface area contributed by atoms with Crippen LogP contribution in [0.1, 0.15) is 30.4 Å². The van der Waals surface area contributed by atoms with Crippen molar-refractivity contribution in [1.29, 1.82) is 0 Å². The van der Waals surface area contributed by atoms with Crippen LogP contribution in [-0.4, -0.2) is 23.1 Å². The molecule has 3 nitrogen and oxygen atoms in total. The molecule has 1 saturated heterocycles. The van der Waals surface area contributed by atoms with Crippen LogP contribution in [0.5, 0.6) is 0 Å². The number of carbonyl (C=O) groups is 1. The van der Waals surface area contributed by atoms with Gasteiger partial charge >= 0.3 is 6.09 Å². The quantitative estimate of drug-likeness (QED) is 0.709. The Bertz CT molecular complexity index is 866. The van der Waals surface area contributed by atoms with Crippen molar-refractivity contribution >= 4 is 6.09 Å². The zero-order chi connectivity index (χ0) is 18.8. The van der Waals surface area contributed by atoms with Gasteiger partial charge in [-0.2, -0.15) is 0 Å². The Labute approximate surface area is 157 Å². The van der Waals surface area contributed by atoms with Crippen LogP contribution < -0.4 is 0 Å². The predicted molar refractivity (Wildman–Crippen MR) is 98.0 cm³/mol. The van der Waals surface area contributed by atoms with E-state index in [0.29, 0.717) is 18.4 Å². The van der Waals surface area contributed by atoms with E-state index in [1.54, 1.807) is 0 Å². The fourth-order valence-corrected chi connectivity index (χ4v) is 4.04. The van der Waals surface area contributed by atoms with Crippen LogP contribution in [-0.2, 0) is 17.8 Å². The zero-order valence-corrected chi connectivity index (χ0v) is 14.9. The Morgan fingerprint density at radius 3 is 2.67 bits per heavy atom. The van der Waals surface area contributed by atoms with Gasteiger partial charge in [0.15, 0.2) is 0 Å². The lowest BCUT2D eigenvalue weighted by molar-refractivity contribution is 0.0815. The molecule has 2 aromatic rings. The number of benzene rings is 2. The summed E-state index contributed by atoms with van der Waals surface area (Å²) in [6.07, 6.45) is 4.71. The van der Waals surface area contributed by atoms with Crippen LogP contribution in [0.3, 0.4) is 0 Å². The Kier molecular flexibility index (Phi) is 4.92. The summed E-state index contributed by atoms with van der Waals surface area (Å²) in [4.78, 5) is 14.4. The van der Waals surface area contributed by atoms with E-state index >= 15 is 0 Å². The fourth-order valence-electron chi connectivity index (χ4n) is 4.04. The van der Waals surface area contributed by atoms with Crippen molar-refractivity contribution in [2.75, 3.05) is 0 Å². The maximum absolute atomic E-state index is 13.9. The molecule has 140 valence electrons. The van der Waals surface area contributed by atoms with Gasteiger partial charge in [-0.1, -0.05) is 48.0 Å². The number of halogens is 2. The van der Waals surface area contributed by atoms with Gasteiger partial charge in [-0.15, -0.1) is 0 Å². The minimum absolute atomic E-state index is 0.00877. The van der Waals surface area contributed by atoms with Crippen LogP contribution >= 0.6 is 0 Å². The number of amides is 1. The zero-order valence-electron chi connectivity index (χ0n) is 14.9. The van der Waals surface area contributed by atoms with Gasteiger partial charge in [0.1, 0.15) is 18.2 Å². The maximum atomic E-state index is 13.9. The lowest BCUT2D eigenvalue weighted by Crippen LogP contribution is -2.43. The molecule has 1 fully saturated rings. The van der Waals surface area contributed by atoms with Gasteiger partial charge in [0.25, 0.3) is 0 Å². The summed E-state index contributed by atoms with van der Waals surface area (Å²) in [5.41, 5.74) is 2.54. The highest BCUT2D eigenvalue weighted by Gasteiger charge is 2.40. The van der Waals surface area contributed by atoms with Crippen molar-refractivity contribution in [3.63, 3.8) is 0 Å². The second kappa shape index (κ2) is 7.51. The highest BCUT2D eigenvalue weighted by molar-refractivity contribution is 5.70. The number of hydrogen-bond acceptors (Lipinski definition) is 2. The van der Waals surface area contributed by atoms with Crippen LogP contribution in [0.4, 0.5) is 13.6 Å². The largest absolute Gasteiger partial charge is 0.445 e. The van der Waals surface area contributed by atoms with Crippen LogP contribution in [0.15, 0.2) is 60.2 Å². The highest BCUT2D eigenvalue weighted by Crippen LogP contribution is 2.36. The van der Waals surface area contributed by atoms with E-state index in [4.69, 9.17) is 4.74 Å². The molecule has 0 aromatic heterocycles. The molecule has 2 aromatic carbocycles. The first kappa shape index (κ1) is 17.7. The van der Waals surface area contributed by atoms with Crippen molar-refractivity contribution in [3.8, 4) is 0 Å². The first-order valence-electron chi connectivity index (χ1n) is 9.22. The molecule has 0 spiro atoms. The molecule has 2 atom stereocenters. The van der Waals surface area contributed by atoms with E-state index in [0.717, 1.165) is 30.0 Å². The molecular weight excluding hydrogens is 348 g/mol. The molecule has 2 aliphatic rings. The molecular formula is C22H21F2NO2. The number of nitrogens with zero attached hydrogens (tertiary/aromatic N) is 1. The maximum Gasteiger partial charge on any atom is 0.410 e. The summed E-state index contributed by atoms with van der Waals surface area (Å²) in [7, 11) is 0. The molecule has 2 aliphatic heterocycles. The third-order valence-electron chi connectivity index (χ3n) is 5.32. The van der Waals surface area contributed by atoms with Gasteiger partial charge in [0.05, 0.1) is 6.04 Å². The first-order chi connectivity index (χ1) is 13.1. The lowest BCUT2D eigenvalue weighted by Gasteiger charge is -2.33. The number of fused-ring (bicyclic) bond motifs is 2. The molecule has 4 rings (SSSR count). The van der Waals surface area contributed by atoms with E-state index in [1.807, 2.05) is 35.2 Å². The molecule has 0 N–H and O–H groups in total. The number of carbonyl (C=O) groups excluding carboxylic acids is 1. The van der Waals surface area contributed by atoms with Gasteiger partial charge in [0.2, 0.25) is 0 Å². The molecule has 2 heterocycles. The number of ether oxygens (including phenoxy) is 1. The van der Waals surface area contributed by atoms with E-state index in [9.17, 15) is 13.6 Å². The van der Waals surface area contributed by atoms with Crippen LogP contribution in [0.2, 0.25) is 0 Å². The van der Waals surface area contributed by atoms with Crippen molar-refractivity contribution in [2.24, 2.45) is 0 Å². The smallest absolute Gasteiger partial charge is 0.410 e. The van der Waals surface area contributed by atoms with Gasteiger partial charge in [-0.3, -0.25) is 4.90 Å². The Morgan fingerprint density at radius 2 is 1.93 bits per heavy atom. The summed E-state index contributed by atoms with van der Waals surface area (Å²) in [6, 6.07) is 13.4. The Morgan fingerprint density at radius 1 is 1.11 bits per heavy atom. The van der Waals surface area contributed by atoms with Gasteiger partial charge < -0.3 is 4.74 Å². The van der Waals surface area contributed by atoms with E-state index in [-0.39, 0.29) is 24.8 Å². The third kappa shape index (κ3) is 3.87. The number of hydrogen-bond donors (Lipinski definition) is 0. The standard InChI is InChI=1S/C22H21F2NO2/c23-18-7-6-17(21(24)13-18)10-16-11-19-8-9-20(12-16)25(19)22(26)27-14-15-4-2-1-3-5-15/h1-7,11,13,19-20H,8-10,12,14H2. The summed E-state index contributed by atoms with van der Waals surface area (Å²) in [6.45, 7) is 0.257. The fraction of sp³-hybridized carbons (Fsp3) is 0.318. The third-order valence-corrected chi connectivity index (χ3v) is 5.32. The molecule has 27 heavy (non-hydrogen) atoms. The molecule has 0 saturated carbocycles. The van der Waals surface area contributed by atoms with Gasteiger partial charge in [-0.25, -0.2) is 13.6 Å². The minimum atomic E-state index is -0.568. The lowest BCUT2D eigenvalue weighted by atomic mass is 9.95. The monoisotopic (exact) mass is 369 g/mol. The Hall–Kier alpha value is -2.69. The molecule has 0 radical (unpaired) electrons. The van der Waals surface area contributed by atoms with Gasteiger partial charge in [0, 0.05) is 12.1 Å². The van der Waals surface area contributed by atoms with Crippen LogP contribution in [0.25, 0.3) is 0 Å². The minimum Gasteiger partial charge on any atom is -0.445 e. The molecule has 2 unspecified atom stereocenters. The SMILES string of the molecule is O=C(OCc1ccccc1)N1C2C=C(Cc3ccc(F)cc3F)CC1CC2. The van der Waals surface area contributed by atoms with E-state index < -0.39 is 11.6 Å². The normalized spacial score (nSPS) is 21.1. The second-order valence-corrected chi connectivity index (χ2v) is 7.19. The van der Waals surface area contributed by atoms with Gasteiger partial charge in [-0.05, 0) is 42.9 Å². The Balaban J connectivity index is 1.42. The average molecular weight is 369 g/mol. The summed E-state index contributed by atoms with van der Waals surface area (Å²) in [5.74, 6) is -1.09. The summed E-state index contributed by atoms with van der Waals surface area (Å²) >= 11 is 0. The average Bonchev–Trinajstić information content (AvgIpc) is 2.94. The van der Waals surface area contributed by atoms with Crippen molar-refractivity contribution in [3.05, 3.63) is 82.9 Å². The first-order valence-corrected chi connectivity index (χ1v) is 9.22. The van der Waals surface area contributed by atoms with Crippen molar-refractivity contribution < 1.29 is 18.3 Å². The molecule has 1 amide bonds. The summed E-state index contributed by atoms with van der Waals surface area (Å²) in [5, 5.41) is 0. The topological polar surface area (TPSA) is 29.5 Å². The number of rotatable bonds is 4. The predicted octanol–water partition coefficient (Wildman–Crippen LogP) is 5.01. The summed E-state index contributed by atoms with van der Waals surface area (Å²) < 4.78 is 32.5. The van der Waals surface area contributed by atoms with E-state index in [2.05, 4.69) is 6.08 Å². The van der Waals surface area contributed by atoms with E-state index in [1.165, 1.54) is 12.1 Å². The van der Waals surface area contributed by atoms with Crippen molar-refractivity contribution in [1.82, 2.24) is 4.90 Å². The molecule has 5 heteroatoms. The highest BCUT2D eigenvalue weighted by atomic mass is 19.1. The molecule has 2 bridgehead atoms. The van der Waals surface area contributed by atoms with Crippen LogP contribution in [0, 0.1) is 11.6 Å². The van der Waals surface area contributed by atoms with Crippen molar-refractivity contribution in [2.45, 2.75) is 44.4 Å².